The fraction of sp³-hybridized carbons (Fsp3) is 1.00. The molecule has 3 atom stereocenters. The number of rotatable bonds is 6. The highest BCUT2D eigenvalue weighted by Gasteiger charge is 2.19. The van der Waals surface area contributed by atoms with Crippen molar-refractivity contribution in [3.8, 4) is 0 Å². The van der Waals surface area contributed by atoms with E-state index in [1.807, 2.05) is 6.92 Å². The van der Waals surface area contributed by atoms with Gasteiger partial charge in [0.1, 0.15) is 6.10 Å². The summed E-state index contributed by atoms with van der Waals surface area (Å²) in [4.78, 5) is 0. The third kappa shape index (κ3) is 5.18. The highest BCUT2D eigenvalue weighted by molar-refractivity contribution is 4.77. The monoisotopic (exact) mass is 236 g/mol. The van der Waals surface area contributed by atoms with Gasteiger partial charge in [-0.1, -0.05) is 6.42 Å². The number of piperidine rings is 1. The van der Waals surface area contributed by atoms with Crippen molar-refractivity contribution in [2.75, 3.05) is 13.1 Å². The molecule has 16 heavy (non-hydrogen) atoms. The van der Waals surface area contributed by atoms with E-state index in [0.29, 0.717) is 6.04 Å². The molecule has 0 spiro atoms. The molecular formula is C11H22F2N2O. The van der Waals surface area contributed by atoms with E-state index in [1.54, 1.807) is 0 Å². The Bertz CT molecular complexity index is 187. The van der Waals surface area contributed by atoms with Gasteiger partial charge in [-0.3, -0.25) is 0 Å². The lowest BCUT2D eigenvalue weighted by atomic mass is 9.99. The first-order valence-corrected chi connectivity index (χ1v) is 6.02. The third-order valence-corrected chi connectivity index (χ3v) is 3.02. The molecule has 0 aromatic rings. The molecule has 0 bridgehead atoms. The van der Waals surface area contributed by atoms with Gasteiger partial charge in [-0.2, -0.15) is 0 Å². The molecule has 0 aromatic carbocycles. The zero-order valence-electron chi connectivity index (χ0n) is 9.76. The lowest BCUT2D eigenvalue weighted by molar-refractivity contribution is -0.00462. The molecule has 0 aromatic heterocycles. The molecule has 0 saturated carbocycles. The van der Waals surface area contributed by atoms with Gasteiger partial charge in [0.2, 0.25) is 0 Å². The van der Waals surface area contributed by atoms with Crippen LogP contribution < -0.4 is 10.6 Å². The molecule has 0 aliphatic carbocycles. The van der Waals surface area contributed by atoms with Crippen molar-refractivity contribution in [2.45, 2.75) is 57.2 Å². The van der Waals surface area contributed by atoms with Crippen LogP contribution in [0.15, 0.2) is 0 Å². The second-order valence-electron chi connectivity index (χ2n) is 4.59. The number of hydrogen-bond donors (Lipinski definition) is 3. The largest absolute Gasteiger partial charge is 0.386 e. The average molecular weight is 236 g/mol. The predicted molar refractivity (Wildman–Crippen MR) is 59.7 cm³/mol. The minimum atomic E-state index is -2.66. The molecule has 3 N–H and O–H groups in total. The molecule has 0 amide bonds. The molecule has 3 unspecified atom stereocenters. The van der Waals surface area contributed by atoms with Gasteiger partial charge in [0.25, 0.3) is 6.43 Å². The van der Waals surface area contributed by atoms with Gasteiger partial charge in [0.15, 0.2) is 0 Å². The van der Waals surface area contributed by atoms with E-state index < -0.39 is 12.5 Å². The second kappa shape index (κ2) is 7.14. The predicted octanol–water partition coefficient (Wildman–Crippen LogP) is 1.12. The Balaban J connectivity index is 2.12. The van der Waals surface area contributed by atoms with E-state index in [4.69, 9.17) is 5.11 Å². The first-order valence-electron chi connectivity index (χ1n) is 6.02. The van der Waals surface area contributed by atoms with Crippen LogP contribution in [-0.4, -0.2) is 42.8 Å². The zero-order chi connectivity index (χ0) is 12.0. The van der Waals surface area contributed by atoms with Crippen LogP contribution in [0, 0.1) is 0 Å². The fourth-order valence-corrected chi connectivity index (χ4v) is 2.05. The Morgan fingerprint density at radius 1 is 1.44 bits per heavy atom. The van der Waals surface area contributed by atoms with E-state index in [1.165, 1.54) is 12.8 Å². The van der Waals surface area contributed by atoms with Crippen LogP contribution in [0.25, 0.3) is 0 Å². The molecule has 1 aliphatic rings. The molecular weight excluding hydrogens is 214 g/mol. The van der Waals surface area contributed by atoms with Gasteiger partial charge in [-0.15, -0.1) is 0 Å². The highest BCUT2D eigenvalue weighted by Crippen LogP contribution is 2.12. The fourth-order valence-electron chi connectivity index (χ4n) is 2.05. The third-order valence-electron chi connectivity index (χ3n) is 3.02. The van der Waals surface area contributed by atoms with E-state index in [9.17, 15) is 8.78 Å². The van der Waals surface area contributed by atoms with Crippen LogP contribution in [0.3, 0.4) is 0 Å². The number of nitrogens with one attached hydrogen (secondary N) is 2. The van der Waals surface area contributed by atoms with Gasteiger partial charge < -0.3 is 15.7 Å². The normalized spacial score (nSPS) is 25.7. The summed E-state index contributed by atoms with van der Waals surface area (Å²) in [6.07, 6.45) is 0.334. The maximum absolute atomic E-state index is 12.0. The van der Waals surface area contributed by atoms with Crippen LogP contribution in [0.2, 0.25) is 0 Å². The van der Waals surface area contributed by atoms with Crippen molar-refractivity contribution in [1.29, 1.82) is 0 Å². The minimum Gasteiger partial charge on any atom is -0.386 e. The van der Waals surface area contributed by atoms with Crippen LogP contribution in [-0.2, 0) is 0 Å². The second-order valence-corrected chi connectivity index (χ2v) is 4.59. The van der Waals surface area contributed by atoms with Crippen molar-refractivity contribution in [2.24, 2.45) is 0 Å². The first kappa shape index (κ1) is 13.8. The zero-order valence-corrected chi connectivity index (χ0v) is 9.76. The summed E-state index contributed by atoms with van der Waals surface area (Å²) in [5.41, 5.74) is 0. The number of halogens is 2. The quantitative estimate of drug-likeness (QED) is 0.647. The van der Waals surface area contributed by atoms with E-state index >= 15 is 0 Å². The topological polar surface area (TPSA) is 44.3 Å². The molecule has 1 fully saturated rings. The van der Waals surface area contributed by atoms with Crippen LogP contribution in [0.1, 0.15) is 32.6 Å². The maximum Gasteiger partial charge on any atom is 0.265 e. The van der Waals surface area contributed by atoms with Gasteiger partial charge in [0.05, 0.1) is 0 Å². The summed E-state index contributed by atoms with van der Waals surface area (Å²) < 4.78 is 24.1. The lowest BCUT2D eigenvalue weighted by Gasteiger charge is -2.27. The van der Waals surface area contributed by atoms with Crippen molar-refractivity contribution < 1.29 is 13.9 Å². The Labute approximate surface area is 95.6 Å². The summed E-state index contributed by atoms with van der Waals surface area (Å²) in [7, 11) is 0. The molecule has 1 aliphatic heterocycles. The van der Waals surface area contributed by atoms with Crippen LogP contribution in [0.5, 0.6) is 0 Å². The van der Waals surface area contributed by atoms with Gasteiger partial charge >= 0.3 is 0 Å². The number of aliphatic hydroxyl groups excluding tert-OH is 1. The minimum absolute atomic E-state index is 0.0362. The van der Waals surface area contributed by atoms with Gasteiger partial charge in [-0.05, 0) is 32.7 Å². The summed E-state index contributed by atoms with van der Waals surface area (Å²) in [5, 5.41) is 15.3. The average Bonchev–Trinajstić information content (AvgIpc) is 2.27. The molecule has 1 heterocycles. The van der Waals surface area contributed by atoms with Crippen LogP contribution in [0.4, 0.5) is 8.78 Å². The smallest absolute Gasteiger partial charge is 0.265 e. The molecule has 5 heteroatoms. The van der Waals surface area contributed by atoms with E-state index in [2.05, 4.69) is 10.6 Å². The molecule has 0 radical (unpaired) electrons. The lowest BCUT2D eigenvalue weighted by Crippen LogP contribution is -2.42. The van der Waals surface area contributed by atoms with Crippen molar-refractivity contribution in [3.63, 3.8) is 0 Å². The highest BCUT2D eigenvalue weighted by atomic mass is 19.3. The first-order chi connectivity index (χ1) is 7.59. The van der Waals surface area contributed by atoms with Gasteiger partial charge in [-0.25, -0.2) is 8.78 Å². The SMILES string of the molecule is CC(CC1CCCCN1)NCC(O)C(F)F. The summed E-state index contributed by atoms with van der Waals surface area (Å²) in [6, 6.07) is 0.643. The Hall–Kier alpha value is -0.260. The standard InChI is InChI=1S/C11H22F2N2O/c1-8(15-7-10(16)11(12)13)6-9-4-2-3-5-14-9/h8-11,14-16H,2-7H2,1H3. The summed E-state index contributed by atoms with van der Waals surface area (Å²) in [5.74, 6) is 0. The molecule has 96 valence electrons. The van der Waals surface area contributed by atoms with Crippen LogP contribution >= 0.6 is 0 Å². The van der Waals surface area contributed by atoms with Crippen molar-refractivity contribution in [1.82, 2.24) is 10.6 Å². The number of alkyl halides is 2. The molecule has 3 nitrogen and oxygen atoms in total. The number of hydrogen-bond acceptors (Lipinski definition) is 3. The van der Waals surface area contributed by atoms with E-state index in [0.717, 1.165) is 19.4 Å². The van der Waals surface area contributed by atoms with Crippen molar-refractivity contribution in [3.05, 3.63) is 0 Å². The summed E-state index contributed by atoms with van der Waals surface area (Å²) in [6.45, 7) is 2.98. The van der Waals surface area contributed by atoms with E-state index in [-0.39, 0.29) is 12.6 Å². The Morgan fingerprint density at radius 3 is 2.75 bits per heavy atom. The Morgan fingerprint density at radius 2 is 2.19 bits per heavy atom. The molecule has 1 saturated heterocycles. The van der Waals surface area contributed by atoms with Crippen molar-refractivity contribution >= 4 is 0 Å². The number of aliphatic hydroxyl groups is 1. The Kier molecular flexibility index (Phi) is 6.16. The van der Waals surface area contributed by atoms with Gasteiger partial charge in [0, 0.05) is 18.6 Å². The maximum atomic E-state index is 12.0. The summed E-state index contributed by atoms with van der Waals surface area (Å²) >= 11 is 0. The molecule has 1 rings (SSSR count).